The van der Waals surface area contributed by atoms with Gasteiger partial charge in [-0.15, -0.1) is 0 Å². The van der Waals surface area contributed by atoms with Gasteiger partial charge in [0, 0.05) is 19.3 Å². The largest absolute Gasteiger partial charge is 0.480 e. The van der Waals surface area contributed by atoms with Crippen molar-refractivity contribution in [3.63, 3.8) is 0 Å². The van der Waals surface area contributed by atoms with E-state index in [-0.39, 0.29) is 13.1 Å². The molecule has 11 heteroatoms. The maximum absolute atomic E-state index is 12.2. The summed E-state index contributed by atoms with van der Waals surface area (Å²) in [7, 11) is -4.07. The molecule has 0 saturated carbocycles. The summed E-state index contributed by atoms with van der Waals surface area (Å²) in [6.45, 7) is 0.866. The van der Waals surface area contributed by atoms with Crippen LogP contribution in [0.3, 0.4) is 0 Å². The molecule has 0 unspecified atom stereocenters. The Kier molecular flexibility index (Phi) is 3.74. The number of rotatable bonds is 5. The Labute approximate surface area is 118 Å². The zero-order valence-corrected chi connectivity index (χ0v) is 11.8. The van der Waals surface area contributed by atoms with Gasteiger partial charge >= 0.3 is 11.7 Å². The molecule has 116 valence electrons. The second-order valence-corrected chi connectivity index (χ2v) is 6.75. The third kappa shape index (κ3) is 3.04. The van der Waals surface area contributed by atoms with Gasteiger partial charge in [-0.1, -0.05) is 0 Å². The number of ether oxygens (including phenoxy) is 1. The third-order valence-corrected chi connectivity index (χ3v) is 4.77. The van der Waals surface area contributed by atoms with Crippen molar-refractivity contribution >= 4 is 16.0 Å². The fourth-order valence-electron chi connectivity index (χ4n) is 1.93. The zero-order valence-electron chi connectivity index (χ0n) is 11.0. The molecule has 0 bridgehead atoms. The van der Waals surface area contributed by atoms with Crippen LogP contribution in [0.1, 0.15) is 6.92 Å². The van der Waals surface area contributed by atoms with Crippen molar-refractivity contribution in [2.75, 3.05) is 19.7 Å². The molecule has 2 rings (SSSR count). The molecule has 21 heavy (non-hydrogen) atoms. The van der Waals surface area contributed by atoms with Crippen LogP contribution in [-0.2, 0) is 19.6 Å². The first-order valence-electron chi connectivity index (χ1n) is 5.82. The van der Waals surface area contributed by atoms with Crippen molar-refractivity contribution < 1.29 is 23.1 Å². The number of aliphatic carboxylic acids is 1. The summed E-state index contributed by atoms with van der Waals surface area (Å²) < 4.78 is 30.4. The van der Waals surface area contributed by atoms with Crippen LogP contribution < -0.4 is 11.2 Å². The van der Waals surface area contributed by atoms with Crippen LogP contribution in [0.5, 0.6) is 0 Å². The molecule has 1 aliphatic rings. The number of hydrogen-bond acceptors (Lipinski definition) is 6. The van der Waals surface area contributed by atoms with Gasteiger partial charge in [0.15, 0.2) is 4.90 Å². The summed E-state index contributed by atoms with van der Waals surface area (Å²) in [6, 6.07) is 0. The number of carbonyl (C=O) groups is 1. The number of H-pyrrole nitrogens is 2. The predicted octanol–water partition coefficient (Wildman–Crippen LogP) is -2.07. The van der Waals surface area contributed by atoms with E-state index in [0.29, 0.717) is 0 Å². The SMILES string of the molecule is CC1(OCC(=O)O)CN(S(=O)(=O)c2c[nH]c(=O)[nH]c2=O)C1. The molecule has 10 nitrogen and oxygen atoms in total. The molecule has 1 aliphatic heterocycles. The first kappa shape index (κ1) is 15.4. The van der Waals surface area contributed by atoms with Crippen molar-refractivity contribution in [1.29, 1.82) is 0 Å². The molecule has 3 N–H and O–H groups in total. The maximum atomic E-state index is 12.2. The van der Waals surface area contributed by atoms with Crippen LogP contribution in [0.25, 0.3) is 0 Å². The normalized spacial score (nSPS) is 18.1. The number of sulfonamides is 1. The Hall–Kier alpha value is -1.98. The van der Waals surface area contributed by atoms with E-state index in [1.165, 1.54) is 0 Å². The fourth-order valence-corrected chi connectivity index (χ4v) is 3.58. The van der Waals surface area contributed by atoms with Gasteiger partial charge in [-0.05, 0) is 6.92 Å². The molecular weight excluding hydrogens is 306 g/mol. The van der Waals surface area contributed by atoms with E-state index < -0.39 is 44.3 Å². The highest BCUT2D eigenvalue weighted by atomic mass is 32.2. The molecule has 0 amide bonds. The second kappa shape index (κ2) is 5.09. The summed E-state index contributed by atoms with van der Waals surface area (Å²) >= 11 is 0. The molecule has 0 atom stereocenters. The average molecular weight is 319 g/mol. The summed E-state index contributed by atoms with van der Waals surface area (Å²) in [6.07, 6.45) is 0.824. The van der Waals surface area contributed by atoms with E-state index >= 15 is 0 Å². The Morgan fingerprint density at radius 3 is 2.62 bits per heavy atom. The van der Waals surface area contributed by atoms with Crippen LogP contribution in [0, 0.1) is 0 Å². The number of nitrogens with zero attached hydrogens (tertiary/aromatic N) is 1. The Balaban J connectivity index is 2.15. The quantitative estimate of drug-likeness (QED) is 0.564. The lowest BCUT2D eigenvalue weighted by atomic mass is 10.0. The first-order chi connectivity index (χ1) is 9.64. The molecule has 1 saturated heterocycles. The van der Waals surface area contributed by atoms with E-state index in [0.717, 1.165) is 10.5 Å². The first-order valence-corrected chi connectivity index (χ1v) is 7.26. The van der Waals surface area contributed by atoms with Gasteiger partial charge in [0.05, 0.1) is 5.60 Å². The Bertz CT molecular complexity index is 772. The minimum Gasteiger partial charge on any atom is -0.480 e. The van der Waals surface area contributed by atoms with Gasteiger partial charge in [-0.3, -0.25) is 9.78 Å². The molecule has 0 radical (unpaired) electrons. The van der Waals surface area contributed by atoms with Crippen LogP contribution in [0.15, 0.2) is 20.7 Å². The molecule has 1 aromatic heterocycles. The molecule has 1 aromatic rings. The second-order valence-electron chi connectivity index (χ2n) is 4.84. The van der Waals surface area contributed by atoms with Crippen molar-refractivity contribution in [1.82, 2.24) is 14.3 Å². The van der Waals surface area contributed by atoms with Gasteiger partial charge < -0.3 is 14.8 Å². The zero-order chi connectivity index (χ0) is 15.8. The number of aromatic nitrogens is 2. The summed E-state index contributed by atoms with van der Waals surface area (Å²) in [5, 5.41) is 8.53. The highest BCUT2D eigenvalue weighted by Crippen LogP contribution is 2.29. The molecule has 0 aliphatic carbocycles. The van der Waals surface area contributed by atoms with E-state index in [1.807, 2.05) is 4.98 Å². The van der Waals surface area contributed by atoms with Gasteiger partial charge in [0.25, 0.3) is 5.56 Å². The average Bonchev–Trinajstić information content (AvgIpc) is 2.32. The van der Waals surface area contributed by atoms with Crippen molar-refractivity contribution in [2.24, 2.45) is 0 Å². The van der Waals surface area contributed by atoms with Crippen LogP contribution in [-0.4, -0.2) is 59.1 Å². The fraction of sp³-hybridized carbons (Fsp3) is 0.500. The minimum absolute atomic E-state index is 0.0822. The van der Waals surface area contributed by atoms with Gasteiger partial charge in [0.1, 0.15) is 6.61 Å². The molecular formula is C10H13N3O7S. The summed E-state index contributed by atoms with van der Waals surface area (Å²) in [4.78, 5) is 36.2. The predicted molar refractivity (Wildman–Crippen MR) is 68.4 cm³/mol. The van der Waals surface area contributed by atoms with E-state index in [1.54, 1.807) is 6.92 Å². The van der Waals surface area contributed by atoms with Crippen molar-refractivity contribution in [3.05, 3.63) is 27.0 Å². The lowest BCUT2D eigenvalue weighted by Crippen LogP contribution is -2.63. The number of aromatic amines is 2. The van der Waals surface area contributed by atoms with Crippen LogP contribution in [0.4, 0.5) is 0 Å². The monoisotopic (exact) mass is 319 g/mol. The van der Waals surface area contributed by atoms with Gasteiger partial charge in [-0.2, -0.15) is 4.31 Å². The van der Waals surface area contributed by atoms with E-state index in [2.05, 4.69) is 4.98 Å². The highest BCUT2D eigenvalue weighted by Gasteiger charge is 2.47. The standard InChI is InChI=1S/C10H13N3O7S/c1-10(20-3-7(14)15)4-13(5-10)21(18,19)6-2-11-9(17)12-8(6)16/h2H,3-5H2,1H3,(H,14,15)(H2,11,12,16,17). The minimum atomic E-state index is -4.07. The van der Waals surface area contributed by atoms with Gasteiger partial charge in [0.2, 0.25) is 10.0 Å². The highest BCUT2D eigenvalue weighted by molar-refractivity contribution is 7.89. The third-order valence-electron chi connectivity index (χ3n) is 2.97. The van der Waals surface area contributed by atoms with Crippen molar-refractivity contribution in [2.45, 2.75) is 17.4 Å². The molecule has 0 aromatic carbocycles. The summed E-state index contributed by atoms with van der Waals surface area (Å²) in [5.74, 6) is -1.16. The number of nitrogens with one attached hydrogen (secondary N) is 2. The molecule has 1 fully saturated rings. The van der Waals surface area contributed by atoms with E-state index in [9.17, 15) is 22.8 Å². The number of carboxylic acid groups (broad SMARTS) is 1. The number of carboxylic acids is 1. The maximum Gasteiger partial charge on any atom is 0.329 e. The van der Waals surface area contributed by atoms with Gasteiger partial charge in [-0.25, -0.2) is 18.0 Å². The lowest BCUT2D eigenvalue weighted by Gasteiger charge is -2.45. The Morgan fingerprint density at radius 2 is 2.10 bits per heavy atom. The molecule has 2 heterocycles. The van der Waals surface area contributed by atoms with E-state index in [4.69, 9.17) is 9.84 Å². The van der Waals surface area contributed by atoms with Crippen LogP contribution in [0.2, 0.25) is 0 Å². The smallest absolute Gasteiger partial charge is 0.329 e. The van der Waals surface area contributed by atoms with Crippen molar-refractivity contribution in [3.8, 4) is 0 Å². The lowest BCUT2D eigenvalue weighted by molar-refractivity contribution is -0.157. The van der Waals surface area contributed by atoms with Crippen LogP contribution >= 0.6 is 0 Å². The topological polar surface area (TPSA) is 150 Å². The summed E-state index contributed by atoms with van der Waals surface area (Å²) in [5.41, 5.74) is -2.74. The number of hydrogen-bond donors (Lipinski definition) is 3. The molecule has 0 spiro atoms. The Morgan fingerprint density at radius 1 is 1.48 bits per heavy atom.